The summed E-state index contributed by atoms with van der Waals surface area (Å²) in [6, 6.07) is 19.1. The standard InChI is InChI=1S/C26H25Cl2N3O/c1-3-31(4-2)16-18-13-25(22(15-26(18)32)17-5-7-19(27)8-6-17)30-23-11-12-29-24-14-20(28)9-10-21(23)24/h5-15,32H,3-4,16H2,1-2H3,(H,29,30). The van der Waals surface area contributed by atoms with Gasteiger partial charge in [0.25, 0.3) is 0 Å². The molecule has 32 heavy (non-hydrogen) atoms. The van der Waals surface area contributed by atoms with Gasteiger partial charge >= 0.3 is 0 Å². The lowest BCUT2D eigenvalue weighted by atomic mass is 9.99. The first-order chi connectivity index (χ1) is 15.5. The van der Waals surface area contributed by atoms with Crippen LogP contribution in [0.3, 0.4) is 0 Å². The van der Waals surface area contributed by atoms with Crippen LogP contribution < -0.4 is 5.32 Å². The molecule has 164 valence electrons. The van der Waals surface area contributed by atoms with Crippen LogP contribution in [-0.4, -0.2) is 28.1 Å². The predicted molar refractivity (Wildman–Crippen MR) is 135 cm³/mol. The van der Waals surface area contributed by atoms with Crippen molar-refractivity contribution >= 4 is 45.5 Å². The highest BCUT2D eigenvalue weighted by Crippen LogP contribution is 2.38. The van der Waals surface area contributed by atoms with Crippen molar-refractivity contribution in [2.45, 2.75) is 20.4 Å². The Labute approximate surface area is 198 Å². The van der Waals surface area contributed by atoms with E-state index in [9.17, 15) is 5.11 Å². The van der Waals surface area contributed by atoms with Gasteiger partial charge in [0, 0.05) is 50.7 Å². The Morgan fingerprint density at radius 2 is 1.59 bits per heavy atom. The van der Waals surface area contributed by atoms with Crippen LogP contribution in [0.1, 0.15) is 19.4 Å². The maximum absolute atomic E-state index is 10.8. The first kappa shape index (κ1) is 22.4. The summed E-state index contributed by atoms with van der Waals surface area (Å²) in [6.45, 7) is 6.73. The maximum Gasteiger partial charge on any atom is 0.120 e. The molecule has 0 aliphatic rings. The highest BCUT2D eigenvalue weighted by molar-refractivity contribution is 6.31. The Hall–Kier alpha value is -2.79. The first-order valence-corrected chi connectivity index (χ1v) is 11.4. The molecule has 0 saturated carbocycles. The van der Waals surface area contributed by atoms with Gasteiger partial charge in [-0.1, -0.05) is 49.2 Å². The van der Waals surface area contributed by atoms with Crippen LogP contribution in [0.15, 0.2) is 66.9 Å². The smallest absolute Gasteiger partial charge is 0.120 e. The number of pyridine rings is 1. The lowest BCUT2D eigenvalue weighted by Crippen LogP contribution is -2.22. The average molecular weight is 466 g/mol. The van der Waals surface area contributed by atoms with Crippen molar-refractivity contribution in [1.29, 1.82) is 0 Å². The minimum atomic E-state index is 0.277. The third-order valence-corrected chi connectivity index (χ3v) is 6.12. The molecule has 0 radical (unpaired) electrons. The Morgan fingerprint density at radius 1 is 0.875 bits per heavy atom. The second-order valence-electron chi connectivity index (χ2n) is 7.64. The lowest BCUT2D eigenvalue weighted by molar-refractivity contribution is 0.291. The predicted octanol–water partition coefficient (Wildman–Crippen LogP) is 7.50. The van der Waals surface area contributed by atoms with E-state index < -0.39 is 0 Å². The topological polar surface area (TPSA) is 48.4 Å². The minimum absolute atomic E-state index is 0.277. The summed E-state index contributed by atoms with van der Waals surface area (Å²) >= 11 is 12.3. The van der Waals surface area contributed by atoms with Crippen molar-refractivity contribution in [2.75, 3.05) is 18.4 Å². The van der Waals surface area contributed by atoms with E-state index >= 15 is 0 Å². The van der Waals surface area contributed by atoms with Gasteiger partial charge in [0.15, 0.2) is 0 Å². The Kier molecular flexibility index (Phi) is 6.85. The van der Waals surface area contributed by atoms with Gasteiger partial charge in [-0.05, 0) is 67.2 Å². The molecule has 3 aromatic carbocycles. The number of phenols is 1. The summed E-state index contributed by atoms with van der Waals surface area (Å²) < 4.78 is 0. The minimum Gasteiger partial charge on any atom is -0.508 e. The van der Waals surface area contributed by atoms with Crippen LogP contribution in [0.5, 0.6) is 5.75 Å². The van der Waals surface area contributed by atoms with Crippen molar-refractivity contribution in [3.8, 4) is 16.9 Å². The van der Waals surface area contributed by atoms with E-state index in [1.54, 1.807) is 6.20 Å². The summed E-state index contributed by atoms with van der Waals surface area (Å²) in [7, 11) is 0. The number of aromatic nitrogens is 1. The van der Waals surface area contributed by atoms with Crippen molar-refractivity contribution in [3.05, 3.63) is 82.5 Å². The molecule has 0 aliphatic heterocycles. The number of hydrogen-bond acceptors (Lipinski definition) is 4. The fourth-order valence-electron chi connectivity index (χ4n) is 3.79. The molecule has 0 unspecified atom stereocenters. The van der Waals surface area contributed by atoms with Crippen molar-refractivity contribution < 1.29 is 5.11 Å². The van der Waals surface area contributed by atoms with E-state index in [0.717, 1.165) is 52.1 Å². The number of halogens is 2. The Balaban J connectivity index is 1.83. The number of rotatable bonds is 7. The van der Waals surface area contributed by atoms with Crippen molar-refractivity contribution in [2.24, 2.45) is 0 Å². The molecule has 0 aliphatic carbocycles. The zero-order valence-corrected chi connectivity index (χ0v) is 19.6. The van der Waals surface area contributed by atoms with E-state index in [1.165, 1.54) is 0 Å². The second kappa shape index (κ2) is 9.78. The number of anilines is 2. The summed E-state index contributed by atoms with van der Waals surface area (Å²) in [4.78, 5) is 6.71. The van der Waals surface area contributed by atoms with Crippen LogP contribution >= 0.6 is 23.2 Å². The maximum atomic E-state index is 10.8. The van der Waals surface area contributed by atoms with Gasteiger partial charge in [-0.25, -0.2) is 0 Å². The monoisotopic (exact) mass is 465 g/mol. The van der Waals surface area contributed by atoms with Crippen LogP contribution in [0, 0.1) is 0 Å². The zero-order valence-electron chi connectivity index (χ0n) is 18.1. The fraction of sp³-hybridized carbons (Fsp3) is 0.192. The van der Waals surface area contributed by atoms with Crippen LogP contribution in [0.2, 0.25) is 10.0 Å². The Bertz CT molecular complexity index is 1240. The van der Waals surface area contributed by atoms with Gasteiger partial charge in [0.1, 0.15) is 5.75 Å². The normalized spacial score (nSPS) is 11.3. The van der Waals surface area contributed by atoms with E-state index in [-0.39, 0.29) is 5.75 Å². The summed E-state index contributed by atoms with van der Waals surface area (Å²) in [6.07, 6.45) is 1.76. The second-order valence-corrected chi connectivity index (χ2v) is 8.51. The van der Waals surface area contributed by atoms with Crippen LogP contribution in [0.25, 0.3) is 22.0 Å². The molecule has 1 heterocycles. The van der Waals surface area contributed by atoms with Gasteiger partial charge in [0.05, 0.1) is 5.52 Å². The highest BCUT2D eigenvalue weighted by atomic mass is 35.5. The molecule has 1 aromatic heterocycles. The number of nitrogens with zero attached hydrogens (tertiary/aromatic N) is 2. The molecule has 0 amide bonds. The third-order valence-electron chi connectivity index (χ3n) is 5.64. The fourth-order valence-corrected chi connectivity index (χ4v) is 4.09. The zero-order chi connectivity index (χ0) is 22.7. The first-order valence-electron chi connectivity index (χ1n) is 10.6. The number of fused-ring (bicyclic) bond motifs is 1. The largest absolute Gasteiger partial charge is 0.508 e. The Morgan fingerprint density at radius 3 is 2.31 bits per heavy atom. The summed E-state index contributed by atoms with van der Waals surface area (Å²) in [5, 5.41) is 16.7. The van der Waals surface area contributed by atoms with Gasteiger partial charge in [-0.3, -0.25) is 9.88 Å². The molecule has 4 aromatic rings. The summed E-state index contributed by atoms with van der Waals surface area (Å²) in [5.41, 5.74) is 5.36. The number of nitrogens with one attached hydrogen (secondary N) is 1. The summed E-state index contributed by atoms with van der Waals surface area (Å²) in [5.74, 6) is 0.277. The molecule has 0 atom stereocenters. The van der Waals surface area contributed by atoms with Crippen LogP contribution in [0.4, 0.5) is 11.4 Å². The molecule has 0 spiro atoms. The average Bonchev–Trinajstić information content (AvgIpc) is 2.79. The van der Waals surface area contributed by atoms with Gasteiger partial charge in [-0.15, -0.1) is 0 Å². The quantitative estimate of drug-likeness (QED) is 0.277. The molecule has 2 N–H and O–H groups in total. The molecule has 0 bridgehead atoms. The van der Waals surface area contributed by atoms with E-state index in [0.29, 0.717) is 16.6 Å². The number of hydrogen-bond donors (Lipinski definition) is 2. The van der Waals surface area contributed by atoms with Crippen LogP contribution in [-0.2, 0) is 6.54 Å². The molecule has 0 saturated heterocycles. The number of benzene rings is 3. The van der Waals surface area contributed by atoms with Crippen molar-refractivity contribution in [1.82, 2.24) is 9.88 Å². The van der Waals surface area contributed by atoms with Crippen molar-refractivity contribution in [3.63, 3.8) is 0 Å². The van der Waals surface area contributed by atoms with E-state index in [2.05, 4.69) is 29.0 Å². The molecular formula is C26H25Cl2N3O. The van der Waals surface area contributed by atoms with Gasteiger partial charge < -0.3 is 10.4 Å². The third kappa shape index (κ3) is 4.83. The molecule has 4 nitrogen and oxygen atoms in total. The molecular weight excluding hydrogens is 441 g/mol. The number of phenolic OH excluding ortho intramolecular Hbond substituents is 1. The molecule has 4 rings (SSSR count). The highest BCUT2D eigenvalue weighted by Gasteiger charge is 2.15. The SMILES string of the molecule is CCN(CC)Cc1cc(Nc2ccnc3cc(Cl)ccc23)c(-c2ccc(Cl)cc2)cc1O. The molecule has 6 heteroatoms. The molecule has 0 fully saturated rings. The van der Waals surface area contributed by atoms with E-state index in [4.69, 9.17) is 23.2 Å². The number of aromatic hydroxyl groups is 1. The van der Waals surface area contributed by atoms with Gasteiger partial charge in [-0.2, -0.15) is 0 Å². The van der Waals surface area contributed by atoms with E-state index in [1.807, 2.05) is 60.7 Å². The lowest BCUT2D eigenvalue weighted by Gasteiger charge is -2.21. The van der Waals surface area contributed by atoms with Gasteiger partial charge in [0.2, 0.25) is 0 Å².